The van der Waals surface area contributed by atoms with E-state index >= 15 is 0 Å². The molecule has 0 aliphatic heterocycles. The highest BCUT2D eigenvalue weighted by molar-refractivity contribution is 6.31. The number of nitrogens with zero attached hydrogens (tertiary/aromatic N) is 2. The van der Waals surface area contributed by atoms with Crippen molar-refractivity contribution in [3.05, 3.63) is 22.8 Å². The molecule has 1 saturated carbocycles. The van der Waals surface area contributed by atoms with Crippen molar-refractivity contribution < 1.29 is 4.74 Å². The number of anilines is 1. The monoisotopic (exact) mass is 311 g/mol. The molecule has 118 valence electrons. The van der Waals surface area contributed by atoms with Gasteiger partial charge in [-0.2, -0.15) is 0 Å². The van der Waals surface area contributed by atoms with Gasteiger partial charge in [-0.05, 0) is 30.4 Å². The summed E-state index contributed by atoms with van der Waals surface area (Å²) in [6.07, 6.45) is 4.33. The first-order valence-electron chi connectivity index (χ1n) is 7.72. The molecule has 1 aromatic heterocycles. The van der Waals surface area contributed by atoms with Crippen LogP contribution in [0.1, 0.15) is 32.3 Å². The Kier molecular flexibility index (Phi) is 6.27. The van der Waals surface area contributed by atoms with Gasteiger partial charge in [0.05, 0.1) is 11.6 Å². The number of methoxy groups -OCH3 is 1. The molecule has 1 aliphatic carbocycles. The highest BCUT2D eigenvalue weighted by Gasteiger charge is 2.21. The molecule has 0 unspecified atom stereocenters. The van der Waals surface area contributed by atoms with E-state index in [1.54, 1.807) is 13.3 Å². The lowest BCUT2D eigenvalue weighted by molar-refractivity contribution is 0.204. The van der Waals surface area contributed by atoms with Crippen LogP contribution < -0.4 is 10.2 Å². The Morgan fingerprint density at radius 2 is 2.24 bits per heavy atom. The molecular formula is C16H26ClN3O. The summed E-state index contributed by atoms with van der Waals surface area (Å²) in [5.74, 6) is 1.56. The molecule has 5 heteroatoms. The van der Waals surface area contributed by atoms with E-state index in [0.717, 1.165) is 36.0 Å². The fraction of sp³-hybridized carbons (Fsp3) is 0.688. The zero-order valence-electron chi connectivity index (χ0n) is 13.2. The van der Waals surface area contributed by atoms with Crippen molar-refractivity contribution >= 4 is 17.4 Å². The van der Waals surface area contributed by atoms with Gasteiger partial charge in [0.15, 0.2) is 0 Å². The molecule has 1 heterocycles. The van der Waals surface area contributed by atoms with E-state index < -0.39 is 0 Å². The Morgan fingerprint density at radius 3 is 2.86 bits per heavy atom. The lowest BCUT2D eigenvalue weighted by Crippen LogP contribution is -2.31. The molecule has 0 atom stereocenters. The number of hydrogen-bond acceptors (Lipinski definition) is 4. The van der Waals surface area contributed by atoms with Crippen molar-refractivity contribution in [2.75, 3.05) is 31.7 Å². The topological polar surface area (TPSA) is 37.4 Å². The zero-order valence-corrected chi connectivity index (χ0v) is 14.0. The number of pyridine rings is 1. The standard InChI is InChI=1S/C16H26ClN3O/c1-12(2)11-20(6-7-21-3)16-8-13(15(17)10-19-16)9-18-14-4-5-14/h8,10,12,14,18H,4-7,9,11H2,1-3H3. The molecule has 0 bridgehead atoms. The summed E-state index contributed by atoms with van der Waals surface area (Å²) in [5.41, 5.74) is 1.12. The van der Waals surface area contributed by atoms with Gasteiger partial charge in [0, 0.05) is 39.0 Å². The Morgan fingerprint density at radius 1 is 1.48 bits per heavy atom. The highest BCUT2D eigenvalue weighted by atomic mass is 35.5. The first kappa shape index (κ1) is 16.5. The van der Waals surface area contributed by atoms with E-state index in [1.165, 1.54) is 12.8 Å². The minimum atomic E-state index is 0.576. The van der Waals surface area contributed by atoms with Crippen LogP contribution in [0.3, 0.4) is 0 Å². The maximum Gasteiger partial charge on any atom is 0.128 e. The van der Waals surface area contributed by atoms with Crippen molar-refractivity contribution in [2.24, 2.45) is 5.92 Å². The highest BCUT2D eigenvalue weighted by Crippen LogP contribution is 2.24. The molecule has 2 rings (SSSR count). The molecule has 0 spiro atoms. The number of aromatic nitrogens is 1. The Balaban J connectivity index is 2.08. The van der Waals surface area contributed by atoms with Crippen LogP contribution in [0.2, 0.25) is 5.02 Å². The van der Waals surface area contributed by atoms with Gasteiger partial charge in [0.2, 0.25) is 0 Å². The Labute approximate surface area is 132 Å². The third-order valence-electron chi connectivity index (χ3n) is 3.55. The molecule has 0 radical (unpaired) electrons. The normalized spacial score (nSPS) is 14.7. The molecule has 4 nitrogen and oxygen atoms in total. The predicted octanol–water partition coefficient (Wildman–Crippen LogP) is 3.10. The van der Waals surface area contributed by atoms with Gasteiger partial charge in [-0.15, -0.1) is 0 Å². The molecule has 1 fully saturated rings. The largest absolute Gasteiger partial charge is 0.383 e. The molecule has 1 N–H and O–H groups in total. The number of nitrogens with one attached hydrogen (secondary N) is 1. The van der Waals surface area contributed by atoms with E-state index in [9.17, 15) is 0 Å². The average molecular weight is 312 g/mol. The van der Waals surface area contributed by atoms with Crippen molar-refractivity contribution in [3.8, 4) is 0 Å². The van der Waals surface area contributed by atoms with Crippen LogP contribution in [0.5, 0.6) is 0 Å². The Bertz CT molecular complexity index is 449. The van der Waals surface area contributed by atoms with Gasteiger partial charge < -0.3 is 15.0 Å². The lowest BCUT2D eigenvalue weighted by atomic mass is 10.2. The second kappa shape index (κ2) is 7.97. The number of halogens is 1. The van der Waals surface area contributed by atoms with Crippen molar-refractivity contribution in [3.63, 3.8) is 0 Å². The minimum absolute atomic E-state index is 0.576. The molecular weight excluding hydrogens is 286 g/mol. The molecule has 1 aromatic rings. The van der Waals surface area contributed by atoms with Crippen LogP contribution in [0.4, 0.5) is 5.82 Å². The number of hydrogen-bond donors (Lipinski definition) is 1. The van der Waals surface area contributed by atoms with Crippen molar-refractivity contribution in [1.82, 2.24) is 10.3 Å². The van der Waals surface area contributed by atoms with E-state index in [1.807, 2.05) is 0 Å². The van der Waals surface area contributed by atoms with Crippen LogP contribution in [-0.4, -0.2) is 37.8 Å². The second-order valence-corrected chi connectivity index (χ2v) is 6.53. The lowest BCUT2D eigenvalue weighted by Gasteiger charge is -2.26. The molecule has 0 aromatic carbocycles. The molecule has 21 heavy (non-hydrogen) atoms. The first-order chi connectivity index (χ1) is 10.1. The fourth-order valence-electron chi connectivity index (χ4n) is 2.26. The van der Waals surface area contributed by atoms with E-state index in [-0.39, 0.29) is 0 Å². The number of rotatable bonds is 9. The quantitative estimate of drug-likeness (QED) is 0.760. The van der Waals surface area contributed by atoms with Gasteiger partial charge in [0.25, 0.3) is 0 Å². The van der Waals surface area contributed by atoms with Crippen LogP contribution in [0.15, 0.2) is 12.3 Å². The third-order valence-corrected chi connectivity index (χ3v) is 3.89. The average Bonchev–Trinajstić information content (AvgIpc) is 3.26. The van der Waals surface area contributed by atoms with Gasteiger partial charge in [0.1, 0.15) is 5.82 Å². The maximum atomic E-state index is 6.27. The minimum Gasteiger partial charge on any atom is -0.383 e. The molecule has 0 amide bonds. The van der Waals surface area contributed by atoms with E-state index in [2.05, 4.69) is 35.1 Å². The SMILES string of the molecule is COCCN(CC(C)C)c1cc(CNC2CC2)c(Cl)cn1. The van der Waals surface area contributed by atoms with Gasteiger partial charge in [-0.3, -0.25) is 0 Å². The summed E-state index contributed by atoms with van der Waals surface area (Å²) in [6.45, 7) is 7.76. The van der Waals surface area contributed by atoms with Crippen LogP contribution >= 0.6 is 11.6 Å². The predicted molar refractivity (Wildman–Crippen MR) is 88.0 cm³/mol. The molecule has 1 aliphatic rings. The zero-order chi connectivity index (χ0) is 15.2. The summed E-state index contributed by atoms with van der Waals surface area (Å²) in [4.78, 5) is 6.77. The van der Waals surface area contributed by atoms with Crippen LogP contribution in [0, 0.1) is 5.92 Å². The van der Waals surface area contributed by atoms with Crippen molar-refractivity contribution in [1.29, 1.82) is 0 Å². The Hall–Kier alpha value is -0.840. The van der Waals surface area contributed by atoms with Crippen LogP contribution in [-0.2, 0) is 11.3 Å². The molecule has 0 saturated heterocycles. The van der Waals surface area contributed by atoms with Gasteiger partial charge in [-0.1, -0.05) is 25.4 Å². The van der Waals surface area contributed by atoms with E-state index in [0.29, 0.717) is 18.6 Å². The first-order valence-corrected chi connectivity index (χ1v) is 8.09. The third kappa shape index (κ3) is 5.46. The van der Waals surface area contributed by atoms with Crippen molar-refractivity contribution in [2.45, 2.75) is 39.3 Å². The number of ether oxygens (including phenoxy) is 1. The van der Waals surface area contributed by atoms with E-state index in [4.69, 9.17) is 16.3 Å². The summed E-state index contributed by atoms with van der Waals surface area (Å²) in [5, 5.41) is 4.25. The fourth-order valence-corrected chi connectivity index (χ4v) is 2.43. The summed E-state index contributed by atoms with van der Waals surface area (Å²) >= 11 is 6.27. The van der Waals surface area contributed by atoms with Crippen LogP contribution in [0.25, 0.3) is 0 Å². The summed E-state index contributed by atoms with van der Waals surface area (Å²) < 4.78 is 5.21. The summed E-state index contributed by atoms with van der Waals surface area (Å²) in [7, 11) is 1.73. The maximum absolute atomic E-state index is 6.27. The van der Waals surface area contributed by atoms with Gasteiger partial charge >= 0.3 is 0 Å². The van der Waals surface area contributed by atoms with Gasteiger partial charge in [-0.25, -0.2) is 4.98 Å². The smallest absolute Gasteiger partial charge is 0.128 e. The summed E-state index contributed by atoms with van der Waals surface area (Å²) in [6, 6.07) is 2.79. The second-order valence-electron chi connectivity index (χ2n) is 6.12.